The van der Waals surface area contributed by atoms with Gasteiger partial charge in [0.1, 0.15) is 5.78 Å². The molecular weight excluding hydrogens is 314 g/mol. The van der Waals surface area contributed by atoms with Gasteiger partial charge in [-0.05, 0) is 18.1 Å². The van der Waals surface area contributed by atoms with Crippen molar-refractivity contribution in [1.82, 2.24) is 5.32 Å². The molecule has 2 aromatic carbocycles. The van der Waals surface area contributed by atoms with Crippen LogP contribution in [0.25, 0.3) is 0 Å². The number of piperidine rings is 1. The molecule has 0 aliphatic carbocycles. The predicted molar refractivity (Wildman–Crippen MR) is 95.9 cm³/mol. The number of ketones is 1. The van der Waals surface area contributed by atoms with E-state index >= 15 is 0 Å². The summed E-state index contributed by atoms with van der Waals surface area (Å²) in [7, 11) is 0. The maximum atomic E-state index is 12.9. The van der Waals surface area contributed by atoms with Gasteiger partial charge in [-0.25, -0.2) is 0 Å². The molecule has 0 spiro atoms. The van der Waals surface area contributed by atoms with E-state index in [2.05, 4.69) is 5.32 Å². The number of ether oxygens (including phenoxy) is 1. The highest BCUT2D eigenvalue weighted by atomic mass is 16.5. The van der Waals surface area contributed by atoms with Gasteiger partial charge in [0.05, 0.1) is 13.0 Å². The largest absolute Gasteiger partial charge is 0.466 e. The van der Waals surface area contributed by atoms with Crippen molar-refractivity contribution in [2.75, 3.05) is 6.61 Å². The van der Waals surface area contributed by atoms with Crippen LogP contribution in [-0.2, 0) is 14.3 Å². The Morgan fingerprint density at radius 2 is 1.64 bits per heavy atom. The number of benzene rings is 2. The van der Waals surface area contributed by atoms with E-state index < -0.39 is 5.92 Å². The van der Waals surface area contributed by atoms with Crippen molar-refractivity contribution in [1.29, 1.82) is 0 Å². The second-order valence-corrected chi connectivity index (χ2v) is 6.30. The van der Waals surface area contributed by atoms with Crippen LogP contribution in [0.4, 0.5) is 0 Å². The Morgan fingerprint density at radius 3 is 2.24 bits per heavy atom. The normalized spacial score (nSPS) is 23.2. The Labute approximate surface area is 148 Å². The molecule has 25 heavy (non-hydrogen) atoms. The van der Waals surface area contributed by atoms with E-state index in [0.29, 0.717) is 13.0 Å². The van der Waals surface area contributed by atoms with Gasteiger partial charge in [-0.15, -0.1) is 0 Å². The number of carbonyl (C=O) groups excluding carboxylic acids is 2. The lowest BCUT2D eigenvalue weighted by atomic mass is 9.79. The SMILES string of the molecule is CCOC(=O)C[C@@H]1C(=O)C[C@H](c2ccccc2)N[C@H]1c1ccccc1. The molecule has 1 aliphatic heterocycles. The molecule has 1 fully saturated rings. The van der Waals surface area contributed by atoms with Gasteiger partial charge >= 0.3 is 5.97 Å². The number of hydrogen-bond donors (Lipinski definition) is 1. The molecular formula is C21H23NO3. The highest BCUT2D eigenvalue weighted by Crippen LogP contribution is 2.36. The first-order valence-corrected chi connectivity index (χ1v) is 8.73. The van der Waals surface area contributed by atoms with Crippen LogP contribution in [0.2, 0.25) is 0 Å². The maximum absolute atomic E-state index is 12.9. The number of nitrogens with one attached hydrogen (secondary N) is 1. The van der Waals surface area contributed by atoms with Crippen LogP contribution < -0.4 is 5.32 Å². The van der Waals surface area contributed by atoms with Crippen molar-refractivity contribution >= 4 is 11.8 Å². The van der Waals surface area contributed by atoms with Gasteiger partial charge < -0.3 is 10.1 Å². The van der Waals surface area contributed by atoms with Crippen molar-refractivity contribution in [3.8, 4) is 0 Å². The van der Waals surface area contributed by atoms with Gasteiger partial charge in [0.25, 0.3) is 0 Å². The topological polar surface area (TPSA) is 55.4 Å². The molecule has 0 amide bonds. The lowest BCUT2D eigenvalue weighted by Crippen LogP contribution is -2.43. The third-order valence-corrected chi connectivity index (χ3v) is 4.65. The molecule has 1 aliphatic rings. The Hall–Kier alpha value is -2.46. The Morgan fingerprint density at radius 1 is 1.04 bits per heavy atom. The van der Waals surface area contributed by atoms with Crippen LogP contribution in [0.3, 0.4) is 0 Å². The van der Waals surface area contributed by atoms with Crippen molar-refractivity contribution < 1.29 is 14.3 Å². The third kappa shape index (κ3) is 4.15. The highest BCUT2D eigenvalue weighted by Gasteiger charge is 2.38. The minimum absolute atomic E-state index is 0.0441. The van der Waals surface area contributed by atoms with Gasteiger partial charge in [-0.1, -0.05) is 60.7 Å². The summed E-state index contributed by atoms with van der Waals surface area (Å²) >= 11 is 0. The van der Waals surface area contributed by atoms with Crippen LogP contribution in [0.1, 0.15) is 43.0 Å². The first kappa shape index (κ1) is 17.4. The fourth-order valence-corrected chi connectivity index (χ4v) is 3.45. The molecule has 1 N–H and O–H groups in total. The second-order valence-electron chi connectivity index (χ2n) is 6.30. The average molecular weight is 337 g/mol. The van der Waals surface area contributed by atoms with Crippen molar-refractivity contribution in [2.24, 2.45) is 5.92 Å². The van der Waals surface area contributed by atoms with E-state index in [9.17, 15) is 9.59 Å². The molecule has 0 unspecified atom stereocenters. The van der Waals surface area contributed by atoms with E-state index in [0.717, 1.165) is 11.1 Å². The van der Waals surface area contributed by atoms with Gasteiger partial charge in [-0.3, -0.25) is 9.59 Å². The molecule has 0 radical (unpaired) electrons. The van der Waals surface area contributed by atoms with Crippen LogP contribution in [0.15, 0.2) is 60.7 Å². The zero-order valence-electron chi connectivity index (χ0n) is 14.4. The summed E-state index contributed by atoms with van der Waals surface area (Å²) < 4.78 is 5.07. The van der Waals surface area contributed by atoms with Gasteiger partial charge in [-0.2, -0.15) is 0 Å². The molecule has 130 valence electrons. The van der Waals surface area contributed by atoms with Crippen LogP contribution in [-0.4, -0.2) is 18.4 Å². The zero-order valence-corrected chi connectivity index (χ0v) is 14.4. The molecule has 4 nitrogen and oxygen atoms in total. The first-order valence-electron chi connectivity index (χ1n) is 8.73. The van der Waals surface area contributed by atoms with Crippen LogP contribution in [0, 0.1) is 5.92 Å². The lowest BCUT2D eigenvalue weighted by Gasteiger charge is -2.36. The summed E-state index contributed by atoms with van der Waals surface area (Å²) in [6.45, 7) is 2.11. The minimum atomic E-state index is -0.401. The molecule has 2 aromatic rings. The van der Waals surface area contributed by atoms with Gasteiger partial charge in [0.2, 0.25) is 0 Å². The van der Waals surface area contributed by atoms with E-state index in [1.54, 1.807) is 6.92 Å². The molecule has 3 rings (SSSR count). The zero-order chi connectivity index (χ0) is 17.6. The third-order valence-electron chi connectivity index (χ3n) is 4.65. The molecule has 1 heterocycles. The minimum Gasteiger partial charge on any atom is -0.466 e. The standard InChI is InChI=1S/C21H23NO3/c1-2-25-20(24)13-17-19(23)14-18(15-9-5-3-6-10-15)22-21(17)16-11-7-4-8-12-16/h3-12,17-18,21-22H,2,13-14H2,1H3/t17-,18-,21+/m1/s1. The monoisotopic (exact) mass is 337 g/mol. The summed E-state index contributed by atoms with van der Waals surface area (Å²) in [5.74, 6) is -0.613. The van der Waals surface area contributed by atoms with E-state index in [1.165, 1.54) is 0 Å². The molecule has 1 saturated heterocycles. The number of Topliss-reactive ketones (excluding diaryl/α,β-unsaturated/α-hetero) is 1. The van der Waals surface area contributed by atoms with Crippen LogP contribution >= 0.6 is 0 Å². The van der Waals surface area contributed by atoms with Crippen molar-refractivity contribution in [3.63, 3.8) is 0 Å². The summed E-state index contributed by atoms with van der Waals surface area (Å²) in [5.41, 5.74) is 2.11. The molecule has 3 atom stereocenters. The van der Waals surface area contributed by atoms with Gasteiger partial charge in [0, 0.05) is 24.4 Å². The number of rotatable bonds is 5. The lowest BCUT2D eigenvalue weighted by molar-refractivity contribution is -0.147. The number of hydrogen-bond acceptors (Lipinski definition) is 4. The van der Waals surface area contributed by atoms with Crippen molar-refractivity contribution in [2.45, 2.75) is 31.8 Å². The molecule has 4 heteroatoms. The van der Waals surface area contributed by atoms with E-state index in [1.807, 2.05) is 60.7 Å². The number of carbonyl (C=O) groups is 2. The quantitative estimate of drug-likeness (QED) is 0.847. The fourth-order valence-electron chi connectivity index (χ4n) is 3.45. The number of esters is 1. The summed E-state index contributed by atoms with van der Waals surface area (Å²) in [5, 5.41) is 3.59. The smallest absolute Gasteiger partial charge is 0.306 e. The fraction of sp³-hybridized carbons (Fsp3) is 0.333. The predicted octanol–water partition coefficient (Wildman–Crippen LogP) is 3.60. The second kappa shape index (κ2) is 8.08. The van der Waals surface area contributed by atoms with Gasteiger partial charge in [0.15, 0.2) is 0 Å². The Kier molecular flexibility index (Phi) is 5.61. The van der Waals surface area contributed by atoms with Crippen molar-refractivity contribution in [3.05, 3.63) is 71.8 Å². The molecule has 0 bridgehead atoms. The first-order chi connectivity index (χ1) is 12.2. The summed E-state index contributed by atoms with van der Waals surface area (Å²) in [6, 6.07) is 19.6. The Bertz CT molecular complexity index is 714. The average Bonchev–Trinajstić information content (AvgIpc) is 2.65. The van der Waals surface area contributed by atoms with E-state index in [-0.39, 0.29) is 30.3 Å². The molecule has 0 saturated carbocycles. The maximum Gasteiger partial charge on any atom is 0.306 e. The summed E-state index contributed by atoms with van der Waals surface area (Å²) in [4.78, 5) is 24.8. The highest BCUT2D eigenvalue weighted by molar-refractivity contribution is 5.87. The Balaban J connectivity index is 1.87. The van der Waals surface area contributed by atoms with Crippen LogP contribution in [0.5, 0.6) is 0 Å². The summed E-state index contributed by atoms with van der Waals surface area (Å²) in [6.07, 6.45) is 0.498. The molecule has 0 aromatic heterocycles. The van der Waals surface area contributed by atoms with E-state index in [4.69, 9.17) is 4.74 Å².